The van der Waals surface area contributed by atoms with E-state index < -0.39 is 17.9 Å². The van der Waals surface area contributed by atoms with Gasteiger partial charge in [-0.05, 0) is 0 Å². The third-order valence-corrected chi connectivity index (χ3v) is 1.52. The third-order valence-electron chi connectivity index (χ3n) is 1.52. The highest BCUT2D eigenvalue weighted by atomic mass is 16.5. The number of rotatable bonds is 4. The molecule has 4 N–H and O–H groups in total. The topological polar surface area (TPSA) is 105 Å². The van der Waals surface area contributed by atoms with E-state index in [1.165, 1.54) is 14.2 Å². The number of carbonyl (C=O) groups excluding carboxylic acids is 2. The van der Waals surface area contributed by atoms with Crippen LogP contribution in [0.5, 0.6) is 0 Å². The summed E-state index contributed by atoms with van der Waals surface area (Å²) in [4.78, 5) is 22.9. The first-order chi connectivity index (χ1) is 6.52. The van der Waals surface area contributed by atoms with Gasteiger partial charge in [0.05, 0.1) is 12.7 Å². The van der Waals surface area contributed by atoms with Crippen LogP contribution < -0.4 is 11.3 Å². The van der Waals surface area contributed by atoms with Crippen LogP contribution in [0, 0.1) is 0 Å². The molecule has 0 saturated carbocycles. The largest absolute Gasteiger partial charge is 0.389 e. The van der Waals surface area contributed by atoms with Gasteiger partial charge in [-0.3, -0.25) is 15.0 Å². The van der Waals surface area contributed by atoms with E-state index in [0.717, 1.165) is 4.90 Å². The van der Waals surface area contributed by atoms with Gasteiger partial charge in [0.1, 0.15) is 0 Å². The zero-order valence-electron chi connectivity index (χ0n) is 8.19. The monoisotopic (exact) mass is 205 g/mol. The molecule has 0 rings (SSSR count). The summed E-state index contributed by atoms with van der Waals surface area (Å²) in [5.74, 6) is 3.04. The minimum Gasteiger partial charge on any atom is -0.389 e. The highest BCUT2D eigenvalue weighted by Gasteiger charge is 2.19. The number of ether oxygens (including phenoxy) is 1. The van der Waals surface area contributed by atoms with Gasteiger partial charge in [0.25, 0.3) is 0 Å². The number of carbonyl (C=O) groups is 2. The molecule has 0 aromatic carbocycles. The Morgan fingerprint density at radius 2 is 2.21 bits per heavy atom. The van der Waals surface area contributed by atoms with Crippen LogP contribution in [-0.2, 0) is 14.3 Å². The van der Waals surface area contributed by atoms with Crippen LogP contribution in [0.25, 0.3) is 0 Å². The van der Waals surface area contributed by atoms with E-state index in [1.54, 1.807) is 5.43 Å². The summed E-state index contributed by atoms with van der Waals surface area (Å²) >= 11 is 0. The summed E-state index contributed by atoms with van der Waals surface area (Å²) < 4.78 is 4.66. The maximum absolute atomic E-state index is 11.1. The number of hydrogen-bond donors (Lipinski definition) is 3. The van der Waals surface area contributed by atoms with Crippen molar-refractivity contribution in [3.8, 4) is 0 Å². The Morgan fingerprint density at radius 3 is 2.64 bits per heavy atom. The van der Waals surface area contributed by atoms with Crippen molar-refractivity contribution in [2.75, 3.05) is 27.3 Å². The highest BCUT2D eigenvalue weighted by molar-refractivity contribution is 6.34. The van der Waals surface area contributed by atoms with Crippen LogP contribution in [-0.4, -0.2) is 55.2 Å². The van der Waals surface area contributed by atoms with Gasteiger partial charge in [-0.15, -0.1) is 0 Å². The van der Waals surface area contributed by atoms with Crippen molar-refractivity contribution in [3.05, 3.63) is 0 Å². The fourth-order valence-electron chi connectivity index (χ4n) is 0.879. The van der Waals surface area contributed by atoms with E-state index in [4.69, 9.17) is 5.84 Å². The van der Waals surface area contributed by atoms with Crippen molar-refractivity contribution < 1.29 is 19.4 Å². The van der Waals surface area contributed by atoms with Crippen LogP contribution in [0.2, 0.25) is 0 Å². The smallest absolute Gasteiger partial charge is 0.323 e. The van der Waals surface area contributed by atoms with Crippen LogP contribution in [0.15, 0.2) is 0 Å². The van der Waals surface area contributed by atoms with Crippen molar-refractivity contribution in [3.63, 3.8) is 0 Å². The number of likely N-dealkylation sites (N-methyl/N-ethyl adjacent to an activating group) is 1. The minimum absolute atomic E-state index is 0.0140. The number of methoxy groups -OCH3 is 1. The number of hydrazine groups is 1. The molecular formula is C7H15N3O4. The molecule has 0 aromatic heterocycles. The second-order valence-corrected chi connectivity index (χ2v) is 2.77. The van der Waals surface area contributed by atoms with Gasteiger partial charge in [0.15, 0.2) is 0 Å². The van der Waals surface area contributed by atoms with Crippen LogP contribution in [0.1, 0.15) is 0 Å². The van der Waals surface area contributed by atoms with Crippen molar-refractivity contribution in [1.29, 1.82) is 0 Å². The molecular weight excluding hydrogens is 190 g/mol. The molecule has 0 fully saturated rings. The van der Waals surface area contributed by atoms with Crippen LogP contribution in [0.3, 0.4) is 0 Å². The van der Waals surface area contributed by atoms with Gasteiger partial charge >= 0.3 is 11.8 Å². The first-order valence-electron chi connectivity index (χ1n) is 3.96. The second-order valence-electron chi connectivity index (χ2n) is 2.77. The third kappa shape index (κ3) is 4.17. The Morgan fingerprint density at radius 1 is 1.64 bits per heavy atom. The lowest BCUT2D eigenvalue weighted by molar-refractivity contribution is -0.146. The van der Waals surface area contributed by atoms with E-state index in [-0.39, 0.29) is 13.2 Å². The van der Waals surface area contributed by atoms with Gasteiger partial charge < -0.3 is 14.7 Å². The maximum Gasteiger partial charge on any atom is 0.323 e. The SMILES string of the molecule is COCC(O)CN(C)C(=O)C(=O)NN. The summed E-state index contributed by atoms with van der Waals surface area (Å²) in [6.07, 6.45) is -0.820. The number of hydrogen-bond acceptors (Lipinski definition) is 5. The second kappa shape index (κ2) is 6.30. The molecule has 0 aliphatic carbocycles. The molecule has 0 bridgehead atoms. The lowest BCUT2D eigenvalue weighted by Gasteiger charge is -2.19. The molecule has 82 valence electrons. The van der Waals surface area contributed by atoms with Crippen molar-refractivity contribution in [1.82, 2.24) is 10.3 Å². The van der Waals surface area contributed by atoms with Gasteiger partial charge in [0, 0.05) is 20.7 Å². The summed E-state index contributed by atoms with van der Waals surface area (Å²) in [6, 6.07) is 0. The van der Waals surface area contributed by atoms with E-state index in [1.807, 2.05) is 0 Å². The molecule has 1 atom stereocenters. The molecule has 1 unspecified atom stereocenters. The molecule has 7 nitrogen and oxygen atoms in total. The van der Waals surface area contributed by atoms with Gasteiger partial charge in [0.2, 0.25) is 0 Å². The lowest BCUT2D eigenvalue weighted by atomic mass is 10.3. The molecule has 14 heavy (non-hydrogen) atoms. The van der Waals surface area contributed by atoms with E-state index in [9.17, 15) is 14.7 Å². The molecule has 0 saturated heterocycles. The van der Waals surface area contributed by atoms with Crippen molar-refractivity contribution in [2.24, 2.45) is 5.84 Å². The Balaban J connectivity index is 4.00. The number of nitrogens with one attached hydrogen (secondary N) is 1. The Kier molecular flexibility index (Phi) is 5.77. The van der Waals surface area contributed by atoms with Crippen LogP contribution in [0.4, 0.5) is 0 Å². The molecule has 0 radical (unpaired) electrons. The fourth-order valence-corrected chi connectivity index (χ4v) is 0.879. The average molecular weight is 205 g/mol. The molecule has 0 spiro atoms. The van der Waals surface area contributed by atoms with Crippen molar-refractivity contribution in [2.45, 2.75) is 6.10 Å². The molecule has 0 heterocycles. The molecule has 0 aliphatic rings. The van der Waals surface area contributed by atoms with E-state index in [0.29, 0.717) is 0 Å². The molecule has 0 aliphatic heterocycles. The number of nitrogens with zero attached hydrogens (tertiary/aromatic N) is 1. The Hall–Kier alpha value is -1.18. The number of aliphatic hydroxyl groups excluding tert-OH is 1. The van der Waals surface area contributed by atoms with Crippen molar-refractivity contribution >= 4 is 11.8 Å². The molecule has 7 heteroatoms. The lowest BCUT2D eigenvalue weighted by Crippen LogP contribution is -2.46. The standard InChI is InChI=1S/C7H15N3O4/c1-10(3-5(11)4-14-2)7(13)6(12)9-8/h5,11H,3-4,8H2,1-2H3,(H,9,12). The predicted molar refractivity (Wildman–Crippen MR) is 47.8 cm³/mol. The highest BCUT2D eigenvalue weighted by Crippen LogP contribution is 1.91. The van der Waals surface area contributed by atoms with E-state index in [2.05, 4.69) is 4.74 Å². The van der Waals surface area contributed by atoms with E-state index >= 15 is 0 Å². The predicted octanol–water partition coefficient (Wildman–Crippen LogP) is -2.56. The number of amides is 2. The number of nitrogens with two attached hydrogens (primary N) is 1. The van der Waals surface area contributed by atoms with Gasteiger partial charge in [-0.1, -0.05) is 0 Å². The first kappa shape index (κ1) is 12.8. The number of aliphatic hydroxyl groups is 1. The normalized spacial score (nSPS) is 12.0. The van der Waals surface area contributed by atoms with Gasteiger partial charge in [-0.25, -0.2) is 5.84 Å². The van der Waals surface area contributed by atoms with Crippen LogP contribution >= 0.6 is 0 Å². The summed E-state index contributed by atoms with van der Waals surface area (Å²) in [6.45, 7) is 0.113. The zero-order chi connectivity index (χ0) is 11.1. The fraction of sp³-hybridized carbons (Fsp3) is 0.714. The summed E-state index contributed by atoms with van der Waals surface area (Å²) in [5, 5.41) is 9.24. The summed E-state index contributed by atoms with van der Waals surface area (Å²) in [5.41, 5.74) is 1.71. The Labute approximate surface area is 81.8 Å². The minimum atomic E-state index is -0.919. The molecule has 2 amide bonds. The van der Waals surface area contributed by atoms with Gasteiger partial charge in [-0.2, -0.15) is 0 Å². The average Bonchev–Trinajstić information content (AvgIpc) is 2.15. The Bertz CT molecular complexity index is 209. The zero-order valence-corrected chi connectivity index (χ0v) is 8.19. The summed E-state index contributed by atoms with van der Waals surface area (Å²) in [7, 11) is 2.81. The quantitative estimate of drug-likeness (QED) is 0.203. The molecule has 0 aromatic rings. The first-order valence-corrected chi connectivity index (χ1v) is 3.96. The maximum atomic E-state index is 11.1.